The van der Waals surface area contributed by atoms with Crippen molar-refractivity contribution in [1.29, 1.82) is 0 Å². The van der Waals surface area contributed by atoms with Crippen molar-refractivity contribution in [1.82, 2.24) is 10.2 Å². The largest absolute Gasteiger partial charge is 0.496 e. The Balaban J connectivity index is 1.59. The number of hydrogen-bond acceptors (Lipinski definition) is 10. The summed E-state index contributed by atoms with van der Waals surface area (Å²) in [6.07, 6.45) is -4.30. The highest BCUT2D eigenvalue weighted by Gasteiger charge is 2.44. The number of hydrogen-bond donors (Lipinski definition) is 4. The second-order valence-corrected chi connectivity index (χ2v) is 9.17. The van der Waals surface area contributed by atoms with Crippen LogP contribution in [-0.2, 0) is 11.2 Å². The Morgan fingerprint density at radius 3 is 2.50 bits per heavy atom. The van der Waals surface area contributed by atoms with Gasteiger partial charge in [0.1, 0.15) is 41.3 Å². The maximum atomic E-state index is 10.8. The lowest BCUT2D eigenvalue weighted by atomic mass is 9.87. The molecule has 5 atom stereocenters. The normalized spacial score (nSPS) is 25.0. The Labute approximate surface area is 198 Å². The first-order valence-electron chi connectivity index (χ1n) is 10.8. The van der Waals surface area contributed by atoms with E-state index < -0.39 is 37.1 Å². The minimum Gasteiger partial charge on any atom is -0.496 e. The number of aliphatic hydroxyl groups is 4. The smallest absolute Gasteiger partial charge is 0.183 e. The minimum absolute atomic E-state index is 0.400. The van der Waals surface area contributed by atoms with E-state index in [2.05, 4.69) is 10.2 Å². The van der Waals surface area contributed by atoms with Crippen molar-refractivity contribution in [2.24, 2.45) is 0 Å². The van der Waals surface area contributed by atoms with E-state index in [9.17, 15) is 20.4 Å². The van der Waals surface area contributed by atoms with Crippen molar-refractivity contribution >= 4 is 22.1 Å². The van der Waals surface area contributed by atoms with Gasteiger partial charge in [-0.1, -0.05) is 35.6 Å². The number of fused-ring (bicyclic) bond motifs is 1. The fraction of sp³-hybridized carbons (Fsp3) is 0.333. The van der Waals surface area contributed by atoms with Gasteiger partial charge in [0.2, 0.25) is 0 Å². The van der Waals surface area contributed by atoms with Gasteiger partial charge in [-0.3, -0.25) is 0 Å². The molecule has 5 unspecified atom stereocenters. The summed E-state index contributed by atoms with van der Waals surface area (Å²) in [6, 6.07) is 13.0. The van der Waals surface area contributed by atoms with E-state index in [0.29, 0.717) is 28.5 Å². The van der Waals surface area contributed by atoms with Crippen molar-refractivity contribution in [2.75, 3.05) is 13.7 Å². The van der Waals surface area contributed by atoms with Gasteiger partial charge >= 0.3 is 0 Å². The monoisotopic (exact) mass is 484 g/mol. The van der Waals surface area contributed by atoms with Crippen LogP contribution in [0.5, 0.6) is 5.75 Å². The van der Waals surface area contributed by atoms with Gasteiger partial charge in [-0.15, -0.1) is 10.2 Å². The van der Waals surface area contributed by atoms with Crippen LogP contribution in [-0.4, -0.2) is 68.8 Å². The summed E-state index contributed by atoms with van der Waals surface area (Å²) in [5, 5.41) is 52.4. The molecule has 3 heterocycles. The Morgan fingerprint density at radius 1 is 1.00 bits per heavy atom. The molecule has 4 N–H and O–H groups in total. The van der Waals surface area contributed by atoms with Crippen molar-refractivity contribution < 1.29 is 34.3 Å². The molecule has 10 heteroatoms. The topological polar surface area (TPSA) is 138 Å². The van der Waals surface area contributed by atoms with Gasteiger partial charge in [-0.05, 0) is 29.1 Å². The number of furan rings is 1. The summed E-state index contributed by atoms with van der Waals surface area (Å²) >= 11 is 1.40. The Hall–Kier alpha value is -2.86. The molecule has 1 aliphatic heterocycles. The fourth-order valence-corrected chi connectivity index (χ4v) is 5.22. The number of aliphatic hydroxyl groups excluding tert-OH is 4. The Bertz CT molecular complexity index is 1270. The van der Waals surface area contributed by atoms with E-state index >= 15 is 0 Å². The zero-order valence-electron chi connectivity index (χ0n) is 18.2. The van der Waals surface area contributed by atoms with Gasteiger partial charge in [0.25, 0.3) is 0 Å². The standard InChI is InChI=1S/C24H24N2O7S/c1-31-22-12(10-18-25-26-24(34-18)16-7-4-8-32-16)9-15(13-5-2-3-6-14(13)22)23-21(30)20(29)19(28)17(11-27)33-23/h2-9,17,19-21,23,27-30H,10-11H2,1H3. The number of methoxy groups -OCH3 is 1. The van der Waals surface area contributed by atoms with Crippen molar-refractivity contribution in [3.8, 4) is 16.5 Å². The number of benzene rings is 2. The zero-order chi connectivity index (χ0) is 23.8. The number of aromatic nitrogens is 2. The quantitative estimate of drug-likeness (QED) is 0.324. The number of ether oxygens (including phenoxy) is 2. The van der Waals surface area contributed by atoms with E-state index in [1.54, 1.807) is 19.4 Å². The molecule has 5 rings (SSSR count). The van der Waals surface area contributed by atoms with Gasteiger partial charge in [-0.2, -0.15) is 0 Å². The maximum absolute atomic E-state index is 10.8. The molecule has 0 aliphatic carbocycles. The molecule has 0 spiro atoms. The number of nitrogens with zero attached hydrogens (tertiary/aromatic N) is 2. The van der Waals surface area contributed by atoms with Gasteiger partial charge in [0.05, 0.1) is 20.0 Å². The molecule has 4 aromatic rings. The Kier molecular flexibility index (Phi) is 6.34. The van der Waals surface area contributed by atoms with E-state index in [-0.39, 0.29) is 0 Å². The zero-order valence-corrected chi connectivity index (χ0v) is 19.1. The first kappa shape index (κ1) is 22.9. The molecule has 0 amide bonds. The molecule has 2 aromatic heterocycles. The summed E-state index contributed by atoms with van der Waals surface area (Å²) in [4.78, 5) is 0. The predicted molar refractivity (Wildman–Crippen MR) is 124 cm³/mol. The highest BCUT2D eigenvalue weighted by Crippen LogP contribution is 2.41. The summed E-state index contributed by atoms with van der Waals surface area (Å²) in [7, 11) is 1.59. The van der Waals surface area contributed by atoms with Crippen molar-refractivity contribution in [3.05, 3.63) is 64.9 Å². The molecule has 0 bridgehead atoms. The van der Waals surface area contributed by atoms with Crippen LogP contribution in [0, 0.1) is 0 Å². The summed E-state index contributed by atoms with van der Waals surface area (Å²) in [5.74, 6) is 1.29. The van der Waals surface area contributed by atoms with Crippen LogP contribution in [0.25, 0.3) is 21.5 Å². The highest BCUT2D eigenvalue weighted by molar-refractivity contribution is 7.14. The van der Waals surface area contributed by atoms with E-state index in [0.717, 1.165) is 21.3 Å². The molecule has 1 aliphatic rings. The van der Waals surface area contributed by atoms with Crippen LogP contribution < -0.4 is 4.74 Å². The predicted octanol–water partition coefficient (Wildman–Crippen LogP) is 2.07. The van der Waals surface area contributed by atoms with Crippen LogP contribution in [0.15, 0.2) is 53.1 Å². The molecular formula is C24H24N2O7S. The van der Waals surface area contributed by atoms with Gasteiger partial charge in [-0.25, -0.2) is 0 Å². The Morgan fingerprint density at radius 2 is 1.79 bits per heavy atom. The molecule has 9 nitrogen and oxygen atoms in total. The molecule has 0 saturated carbocycles. The molecule has 0 radical (unpaired) electrons. The first-order chi connectivity index (χ1) is 16.5. The summed E-state index contributed by atoms with van der Waals surface area (Å²) in [5.41, 5.74) is 1.40. The van der Waals surface area contributed by atoms with Crippen molar-refractivity contribution in [2.45, 2.75) is 36.9 Å². The third kappa shape index (κ3) is 3.98. The molecular weight excluding hydrogens is 460 g/mol. The van der Waals surface area contributed by atoms with Crippen LogP contribution in [0.3, 0.4) is 0 Å². The molecule has 178 valence electrons. The number of rotatable bonds is 6. The van der Waals surface area contributed by atoms with Gasteiger partial charge in [0, 0.05) is 17.4 Å². The van der Waals surface area contributed by atoms with Crippen LogP contribution in [0.2, 0.25) is 0 Å². The van der Waals surface area contributed by atoms with Gasteiger partial charge in [0.15, 0.2) is 10.8 Å². The van der Waals surface area contributed by atoms with Gasteiger partial charge < -0.3 is 34.3 Å². The second-order valence-electron chi connectivity index (χ2n) is 8.11. The maximum Gasteiger partial charge on any atom is 0.183 e. The molecule has 1 fully saturated rings. The summed E-state index contributed by atoms with van der Waals surface area (Å²) in [6.45, 7) is -0.497. The average Bonchev–Trinajstić information content (AvgIpc) is 3.55. The average molecular weight is 485 g/mol. The lowest BCUT2D eigenvalue weighted by Crippen LogP contribution is -2.55. The minimum atomic E-state index is -1.47. The first-order valence-corrected chi connectivity index (χ1v) is 11.6. The molecule has 2 aromatic carbocycles. The van der Waals surface area contributed by atoms with Crippen molar-refractivity contribution in [3.63, 3.8) is 0 Å². The van der Waals surface area contributed by atoms with E-state index in [1.165, 1.54) is 11.3 Å². The lowest BCUT2D eigenvalue weighted by Gasteiger charge is -2.40. The van der Waals surface area contributed by atoms with Crippen LogP contribution in [0.4, 0.5) is 0 Å². The molecule has 1 saturated heterocycles. The van der Waals surface area contributed by atoms with E-state index in [1.807, 2.05) is 36.4 Å². The fourth-order valence-electron chi connectivity index (χ4n) is 4.39. The third-order valence-electron chi connectivity index (χ3n) is 6.05. The third-order valence-corrected chi connectivity index (χ3v) is 6.99. The summed E-state index contributed by atoms with van der Waals surface area (Å²) < 4.78 is 17.0. The SMILES string of the molecule is COc1c(Cc2nnc(-c3ccco3)s2)cc(C2OC(CO)C(O)C(O)C2O)c2ccccc12. The molecule has 34 heavy (non-hydrogen) atoms. The highest BCUT2D eigenvalue weighted by atomic mass is 32.1. The van der Waals surface area contributed by atoms with Crippen LogP contribution >= 0.6 is 11.3 Å². The van der Waals surface area contributed by atoms with Crippen LogP contribution in [0.1, 0.15) is 22.2 Å². The van der Waals surface area contributed by atoms with E-state index in [4.69, 9.17) is 13.9 Å². The second kappa shape index (κ2) is 9.41. The lowest BCUT2D eigenvalue weighted by molar-refractivity contribution is -0.231.